The number of thioether (sulfide) groups is 1. The van der Waals surface area contributed by atoms with E-state index in [0.29, 0.717) is 5.92 Å². The molecule has 1 aromatic carbocycles. The lowest BCUT2D eigenvalue weighted by atomic mass is 9.83. The second kappa shape index (κ2) is 8.41. The van der Waals surface area contributed by atoms with E-state index < -0.39 is 0 Å². The van der Waals surface area contributed by atoms with Crippen LogP contribution in [0.25, 0.3) is 6.08 Å². The second-order valence-electron chi connectivity index (χ2n) is 7.30. The average Bonchev–Trinajstić information content (AvgIpc) is 2.57. The molecule has 0 radical (unpaired) electrons. The van der Waals surface area contributed by atoms with Crippen LogP contribution >= 0.6 is 11.8 Å². The number of benzene rings is 1. The summed E-state index contributed by atoms with van der Waals surface area (Å²) >= 11 is 1.98. The molecule has 1 heterocycles. The summed E-state index contributed by atoms with van der Waals surface area (Å²) in [4.78, 5) is 15.3. The van der Waals surface area contributed by atoms with Gasteiger partial charge in [0.15, 0.2) is 0 Å². The van der Waals surface area contributed by atoms with E-state index in [9.17, 15) is 4.79 Å². The van der Waals surface area contributed by atoms with E-state index in [1.165, 1.54) is 47.3 Å². The molecule has 1 aromatic rings. The number of carbonyl (C=O) groups is 1. The Labute approximate surface area is 155 Å². The van der Waals surface area contributed by atoms with Crippen molar-refractivity contribution in [3.8, 4) is 0 Å². The highest BCUT2D eigenvalue weighted by Crippen LogP contribution is 2.33. The Kier molecular flexibility index (Phi) is 6.24. The minimum absolute atomic E-state index is 0.0690. The van der Waals surface area contributed by atoms with Gasteiger partial charge >= 0.3 is 5.97 Å². The number of methoxy groups -OCH3 is 1. The third-order valence-corrected chi connectivity index (χ3v) is 6.36. The number of carbonyl (C=O) groups excluding carboxylic acids is 1. The fourth-order valence-corrected chi connectivity index (χ4v) is 4.66. The molecule has 2 aliphatic rings. The van der Waals surface area contributed by atoms with E-state index in [4.69, 9.17) is 4.74 Å². The van der Waals surface area contributed by atoms with Gasteiger partial charge in [-0.25, -0.2) is 0 Å². The number of esters is 1. The first-order valence-electron chi connectivity index (χ1n) is 9.37. The van der Waals surface area contributed by atoms with Gasteiger partial charge in [0, 0.05) is 24.5 Å². The summed E-state index contributed by atoms with van der Waals surface area (Å²) in [5, 5.41) is 0. The summed E-state index contributed by atoms with van der Waals surface area (Å²) in [5.41, 5.74) is 4.34. The Balaban J connectivity index is 1.61. The van der Waals surface area contributed by atoms with Crippen molar-refractivity contribution in [3.63, 3.8) is 0 Å². The predicted molar refractivity (Wildman–Crippen MR) is 105 cm³/mol. The van der Waals surface area contributed by atoms with Crippen LogP contribution in [0.4, 0.5) is 0 Å². The zero-order chi connectivity index (χ0) is 17.8. The van der Waals surface area contributed by atoms with Crippen LogP contribution in [0.15, 0.2) is 28.7 Å². The normalized spacial score (nSPS) is 20.6. The van der Waals surface area contributed by atoms with E-state index in [-0.39, 0.29) is 11.9 Å². The monoisotopic (exact) mass is 359 g/mol. The van der Waals surface area contributed by atoms with Crippen molar-refractivity contribution < 1.29 is 9.53 Å². The number of likely N-dealkylation sites (tertiary alicyclic amines) is 1. The standard InChI is InChI=1S/C21H29NO2S/c1-4-5-8-25-20-7-6-16-10-18(15(2)9-17(16)11-20)12-22-13-19(14-22)21(23)24-3/h6-7,10-11,15,19H,4-5,8-9,12-14H2,1-3H3/t15-/m0/s1. The molecule has 0 unspecified atom stereocenters. The van der Waals surface area contributed by atoms with E-state index >= 15 is 0 Å². The van der Waals surface area contributed by atoms with Crippen molar-refractivity contribution in [2.24, 2.45) is 11.8 Å². The molecule has 3 nitrogen and oxygen atoms in total. The number of nitrogens with zero attached hydrogens (tertiary/aromatic N) is 1. The Hall–Kier alpha value is -1.26. The first-order chi connectivity index (χ1) is 12.1. The third kappa shape index (κ3) is 4.48. The number of fused-ring (bicyclic) bond motifs is 1. The Morgan fingerprint density at radius 2 is 2.16 bits per heavy atom. The molecule has 0 amide bonds. The van der Waals surface area contributed by atoms with Crippen molar-refractivity contribution in [1.29, 1.82) is 0 Å². The van der Waals surface area contributed by atoms with Crippen LogP contribution in [0.3, 0.4) is 0 Å². The van der Waals surface area contributed by atoms with Crippen LogP contribution in [-0.2, 0) is 16.0 Å². The van der Waals surface area contributed by atoms with Crippen LogP contribution in [-0.4, -0.2) is 43.4 Å². The maximum atomic E-state index is 11.5. The van der Waals surface area contributed by atoms with Crippen LogP contribution in [0.5, 0.6) is 0 Å². The topological polar surface area (TPSA) is 29.5 Å². The highest BCUT2D eigenvalue weighted by molar-refractivity contribution is 7.99. The molecular weight excluding hydrogens is 330 g/mol. The van der Waals surface area contributed by atoms with Gasteiger partial charge in [-0.1, -0.05) is 38.0 Å². The van der Waals surface area contributed by atoms with Gasteiger partial charge in [0.2, 0.25) is 0 Å². The molecule has 0 saturated carbocycles. The van der Waals surface area contributed by atoms with Crippen molar-refractivity contribution >= 4 is 23.8 Å². The molecule has 1 saturated heterocycles. The van der Waals surface area contributed by atoms with E-state index in [2.05, 4.69) is 43.0 Å². The molecule has 0 aromatic heterocycles. The van der Waals surface area contributed by atoms with Crippen LogP contribution < -0.4 is 0 Å². The van der Waals surface area contributed by atoms with Gasteiger partial charge in [-0.05, 0) is 47.8 Å². The van der Waals surface area contributed by atoms with Crippen LogP contribution in [0, 0.1) is 11.8 Å². The average molecular weight is 360 g/mol. The van der Waals surface area contributed by atoms with E-state index in [1.807, 2.05) is 11.8 Å². The number of ether oxygens (including phenoxy) is 1. The largest absolute Gasteiger partial charge is 0.469 e. The number of rotatable bonds is 7. The van der Waals surface area contributed by atoms with E-state index in [1.54, 1.807) is 0 Å². The lowest BCUT2D eigenvalue weighted by Crippen LogP contribution is -2.51. The van der Waals surface area contributed by atoms with Crippen molar-refractivity contribution in [3.05, 3.63) is 34.9 Å². The zero-order valence-corrected chi connectivity index (χ0v) is 16.4. The maximum absolute atomic E-state index is 11.5. The van der Waals surface area contributed by atoms with Gasteiger partial charge in [-0.2, -0.15) is 0 Å². The molecule has 3 rings (SSSR count). The van der Waals surface area contributed by atoms with Crippen LogP contribution in [0.1, 0.15) is 37.8 Å². The second-order valence-corrected chi connectivity index (χ2v) is 8.47. The first-order valence-corrected chi connectivity index (χ1v) is 10.4. The van der Waals surface area contributed by atoms with E-state index in [0.717, 1.165) is 26.1 Å². The fraction of sp³-hybridized carbons (Fsp3) is 0.571. The van der Waals surface area contributed by atoms with Gasteiger partial charge in [0.25, 0.3) is 0 Å². The lowest BCUT2D eigenvalue weighted by Gasteiger charge is -2.39. The summed E-state index contributed by atoms with van der Waals surface area (Å²) < 4.78 is 4.82. The minimum Gasteiger partial charge on any atom is -0.469 e. The predicted octanol–water partition coefficient (Wildman–Crippen LogP) is 4.26. The van der Waals surface area contributed by atoms with Crippen molar-refractivity contribution in [2.75, 3.05) is 32.5 Å². The molecule has 1 aliphatic carbocycles. The number of hydrogen-bond donors (Lipinski definition) is 0. The van der Waals surface area contributed by atoms with Crippen LogP contribution in [0.2, 0.25) is 0 Å². The third-order valence-electron chi connectivity index (χ3n) is 5.28. The van der Waals surface area contributed by atoms with Gasteiger partial charge in [0.05, 0.1) is 13.0 Å². The summed E-state index contributed by atoms with van der Waals surface area (Å²) in [6.07, 6.45) is 6.03. The molecule has 0 N–H and O–H groups in total. The number of hydrogen-bond acceptors (Lipinski definition) is 4. The molecule has 4 heteroatoms. The summed E-state index contributed by atoms with van der Waals surface area (Å²) in [6.45, 7) is 7.20. The van der Waals surface area contributed by atoms with Gasteiger partial charge < -0.3 is 4.74 Å². The maximum Gasteiger partial charge on any atom is 0.311 e. The molecule has 136 valence electrons. The molecular formula is C21H29NO2S. The molecule has 0 spiro atoms. The van der Waals surface area contributed by atoms with Gasteiger partial charge in [-0.3, -0.25) is 9.69 Å². The Morgan fingerprint density at radius 3 is 2.88 bits per heavy atom. The minimum atomic E-state index is -0.0691. The molecule has 1 aliphatic heterocycles. The molecule has 1 fully saturated rings. The quantitative estimate of drug-likeness (QED) is 0.413. The van der Waals surface area contributed by atoms with Gasteiger partial charge in [-0.15, -0.1) is 11.8 Å². The van der Waals surface area contributed by atoms with Gasteiger partial charge in [0.1, 0.15) is 0 Å². The highest BCUT2D eigenvalue weighted by atomic mass is 32.2. The SMILES string of the molecule is CCCCSc1ccc2c(c1)C[C@H](C)C(CN1CC(C(=O)OC)C1)=C2. The number of unbranched alkanes of at least 4 members (excludes halogenated alkanes) is 1. The highest BCUT2D eigenvalue weighted by Gasteiger charge is 2.34. The first kappa shape index (κ1) is 18.5. The molecule has 0 bridgehead atoms. The molecule has 1 atom stereocenters. The fourth-order valence-electron chi connectivity index (χ4n) is 3.60. The van der Waals surface area contributed by atoms with Crippen molar-refractivity contribution in [1.82, 2.24) is 4.90 Å². The smallest absolute Gasteiger partial charge is 0.311 e. The summed E-state index contributed by atoms with van der Waals surface area (Å²) in [5.74, 6) is 1.78. The summed E-state index contributed by atoms with van der Waals surface area (Å²) in [6, 6.07) is 6.93. The zero-order valence-electron chi connectivity index (χ0n) is 15.6. The summed E-state index contributed by atoms with van der Waals surface area (Å²) in [7, 11) is 1.47. The molecule has 25 heavy (non-hydrogen) atoms. The Morgan fingerprint density at radius 1 is 1.36 bits per heavy atom. The Bertz CT molecular complexity index is 649. The van der Waals surface area contributed by atoms with Crippen molar-refractivity contribution in [2.45, 2.75) is 38.0 Å². The lowest BCUT2D eigenvalue weighted by molar-refractivity contribution is -0.151.